The number of benzene rings is 1. The second-order valence-corrected chi connectivity index (χ2v) is 5.33. The Labute approximate surface area is 113 Å². The monoisotopic (exact) mass is 264 g/mol. The molecule has 0 bridgehead atoms. The van der Waals surface area contributed by atoms with Gasteiger partial charge in [-0.3, -0.25) is 0 Å². The number of rotatable bonds is 4. The van der Waals surface area contributed by atoms with Gasteiger partial charge in [0.15, 0.2) is 11.5 Å². The highest BCUT2D eigenvalue weighted by molar-refractivity contribution is 5.51. The molecule has 1 aromatic rings. The molecule has 1 unspecified atom stereocenters. The summed E-state index contributed by atoms with van der Waals surface area (Å²) in [7, 11) is 1.62. The fourth-order valence-electron chi connectivity index (χ4n) is 2.56. The molecule has 1 aromatic carbocycles. The molecule has 19 heavy (non-hydrogen) atoms. The molecule has 1 aliphatic carbocycles. The highest BCUT2D eigenvalue weighted by atomic mass is 16.5. The van der Waals surface area contributed by atoms with Crippen molar-refractivity contribution in [2.24, 2.45) is 0 Å². The Kier molecular flexibility index (Phi) is 3.37. The SMILES string of the molecule is COc1c(OC2CCCOC2)cccc1C1(O)CC1. The molecule has 1 saturated carbocycles. The van der Waals surface area contributed by atoms with E-state index in [4.69, 9.17) is 14.2 Å². The van der Waals surface area contributed by atoms with Crippen LogP contribution < -0.4 is 9.47 Å². The summed E-state index contributed by atoms with van der Waals surface area (Å²) >= 11 is 0. The summed E-state index contributed by atoms with van der Waals surface area (Å²) in [6, 6.07) is 5.71. The van der Waals surface area contributed by atoms with Crippen molar-refractivity contribution in [3.05, 3.63) is 23.8 Å². The summed E-state index contributed by atoms with van der Waals surface area (Å²) in [4.78, 5) is 0. The van der Waals surface area contributed by atoms with Crippen LogP contribution in [-0.2, 0) is 10.3 Å². The Morgan fingerprint density at radius 1 is 1.37 bits per heavy atom. The van der Waals surface area contributed by atoms with E-state index >= 15 is 0 Å². The zero-order valence-corrected chi connectivity index (χ0v) is 11.2. The Hall–Kier alpha value is -1.26. The minimum Gasteiger partial charge on any atom is -0.492 e. The lowest BCUT2D eigenvalue weighted by Crippen LogP contribution is -2.28. The van der Waals surface area contributed by atoms with Crippen molar-refractivity contribution in [1.29, 1.82) is 0 Å². The van der Waals surface area contributed by atoms with Crippen molar-refractivity contribution in [1.82, 2.24) is 0 Å². The number of para-hydroxylation sites is 1. The Morgan fingerprint density at radius 3 is 2.84 bits per heavy atom. The summed E-state index contributed by atoms with van der Waals surface area (Å²) < 4.78 is 16.9. The predicted octanol–water partition coefficient (Wildman–Crippen LogP) is 2.23. The molecule has 1 N–H and O–H groups in total. The highest BCUT2D eigenvalue weighted by Gasteiger charge is 2.45. The van der Waals surface area contributed by atoms with Crippen molar-refractivity contribution in [2.75, 3.05) is 20.3 Å². The summed E-state index contributed by atoms with van der Waals surface area (Å²) in [5.41, 5.74) is 0.123. The molecule has 2 aliphatic rings. The second kappa shape index (κ2) is 5.02. The molecule has 0 amide bonds. The maximum Gasteiger partial charge on any atom is 0.166 e. The molecule has 104 valence electrons. The Bertz CT molecular complexity index is 447. The van der Waals surface area contributed by atoms with Crippen LogP contribution in [0.3, 0.4) is 0 Å². The van der Waals surface area contributed by atoms with Crippen LogP contribution in [-0.4, -0.2) is 31.5 Å². The topological polar surface area (TPSA) is 47.9 Å². The number of methoxy groups -OCH3 is 1. The normalized spacial score (nSPS) is 24.8. The third-order valence-electron chi connectivity index (χ3n) is 3.82. The van der Waals surface area contributed by atoms with E-state index in [9.17, 15) is 5.11 Å². The van der Waals surface area contributed by atoms with Gasteiger partial charge in [0, 0.05) is 12.2 Å². The van der Waals surface area contributed by atoms with Crippen LogP contribution in [0, 0.1) is 0 Å². The smallest absolute Gasteiger partial charge is 0.166 e. The van der Waals surface area contributed by atoms with Crippen LogP contribution in [0.2, 0.25) is 0 Å². The van der Waals surface area contributed by atoms with E-state index in [-0.39, 0.29) is 6.10 Å². The van der Waals surface area contributed by atoms with E-state index in [2.05, 4.69) is 0 Å². The molecule has 1 saturated heterocycles. The summed E-state index contributed by atoms with van der Waals surface area (Å²) in [6.45, 7) is 1.44. The first-order valence-corrected chi connectivity index (χ1v) is 6.87. The largest absolute Gasteiger partial charge is 0.492 e. The first-order chi connectivity index (χ1) is 9.23. The Balaban J connectivity index is 1.83. The molecule has 4 heteroatoms. The van der Waals surface area contributed by atoms with Gasteiger partial charge in [-0.05, 0) is 31.7 Å². The number of aliphatic hydroxyl groups is 1. The van der Waals surface area contributed by atoms with Gasteiger partial charge in [-0.1, -0.05) is 12.1 Å². The van der Waals surface area contributed by atoms with Crippen molar-refractivity contribution < 1.29 is 19.3 Å². The fraction of sp³-hybridized carbons (Fsp3) is 0.600. The van der Waals surface area contributed by atoms with Gasteiger partial charge in [-0.15, -0.1) is 0 Å². The van der Waals surface area contributed by atoms with E-state index in [1.807, 2.05) is 18.2 Å². The lowest BCUT2D eigenvalue weighted by atomic mass is 10.1. The number of hydrogen-bond acceptors (Lipinski definition) is 4. The van der Waals surface area contributed by atoms with Gasteiger partial charge in [-0.2, -0.15) is 0 Å². The van der Waals surface area contributed by atoms with Crippen molar-refractivity contribution >= 4 is 0 Å². The van der Waals surface area contributed by atoms with Crippen LogP contribution in [0.25, 0.3) is 0 Å². The maximum absolute atomic E-state index is 10.3. The molecular weight excluding hydrogens is 244 g/mol. The van der Waals surface area contributed by atoms with Crippen molar-refractivity contribution in [3.8, 4) is 11.5 Å². The molecular formula is C15H20O4. The van der Waals surface area contributed by atoms with Gasteiger partial charge in [0.1, 0.15) is 6.10 Å². The van der Waals surface area contributed by atoms with Crippen LogP contribution in [0.15, 0.2) is 18.2 Å². The first kappa shape index (κ1) is 12.8. The van der Waals surface area contributed by atoms with Gasteiger partial charge in [-0.25, -0.2) is 0 Å². The van der Waals surface area contributed by atoms with Crippen LogP contribution >= 0.6 is 0 Å². The van der Waals surface area contributed by atoms with Crippen LogP contribution in [0.4, 0.5) is 0 Å². The Morgan fingerprint density at radius 2 is 2.21 bits per heavy atom. The number of ether oxygens (including phenoxy) is 3. The zero-order valence-electron chi connectivity index (χ0n) is 11.2. The van der Waals surface area contributed by atoms with Gasteiger partial charge in [0.25, 0.3) is 0 Å². The molecule has 4 nitrogen and oxygen atoms in total. The van der Waals surface area contributed by atoms with E-state index in [0.717, 1.165) is 37.9 Å². The molecule has 1 heterocycles. The molecule has 1 aliphatic heterocycles. The molecule has 1 atom stereocenters. The van der Waals surface area contributed by atoms with Crippen LogP contribution in [0.1, 0.15) is 31.2 Å². The molecule has 0 spiro atoms. The third-order valence-corrected chi connectivity index (χ3v) is 3.82. The number of hydrogen-bond donors (Lipinski definition) is 1. The summed E-state index contributed by atoms with van der Waals surface area (Å²) in [5, 5.41) is 10.3. The van der Waals surface area contributed by atoms with Crippen molar-refractivity contribution in [2.45, 2.75) is 37.4 Å². The maximum atomic E-state index is 10.3. The van der Waals surface area contributed by atoms with E-state index in [1.165, 1.54) is 0 Å². The average molecular weight is 264 g/mol. The van der Waals surface area contributed by atoms with E-state index < -0.39 is 5.60 Å². The lowest BCUT2D eigenvalue weighted by molar-refractivity contribution is 0.00619. The second-order valence-electron chi connectivity index (χ2n) is 5.33. The summed E-state index contributed by atoms with van der Waals surface area (Å²) in [5.74, 6) is 1.36. The summed E-state index contributed by atoms with van der Waals surface area (Å²) in [6.07, 6.45) is 3.68. The molecule has 0 aromatic heterocycles. The zero-order chi connectivity index (χ0) is 13.3. The first-order valence-electron chi connectivity index (χ1n) is 6.87. The van der Waals surface area contributed by atoms with Gasteiger partial charge >= 0.3 is 0 Å². The minimum atomic E-state index is -0.715. The quantitative estimate of drug-likeness (QED) is 0.906. The van der Waals surface area contributed by atoms with Gasteiger partial charge in [0.05, 0.1) is 19.3 Å². The van der Waals surface area contributed by atoms with Gasteiger partial charge < -0.3 is 19.3 Å². The molecule has 0 radical (unpaired) electrons. The van der Waals surface area contributed by atoms with Crippen molar-refractivity contribution in [3.63, 3.8) is 0 Å². The standard InChI is InChI=1S/C15H20O4/c1-17-14-12(15(16)7-8-15)5-2-6-13(14)19-11-4-3-9-18-10-11/h2,5-6,11,16H,3-4,7-10H2,1H3. The fourth-order valence-corrected chi connectivity index (χ4v) is 2.56. The molecule has 3 rings (SSSR count). The molecule has 2 fully saturated rings. The van der Waals surface area contributed by atoms with Gasteiger partial charge in [0.2, 0.25) is 0 Å². The average Bonchev–Trinajstić information content (AvgIpc) is 3.19. The highest BCUT2D eigenvalue weighted by Crippen LogP contribution is 2.51. The minimum absolute atomic E-state index is 0.0757. The third kappa shape index (κ3) is 2.55. The predicted molar refractivity (Wildman–Crippen MR) is 70.6 cm³/mol. The van der Waals surface area contributed by atoms with E-state index in [0.29, 0.717) is 18.1 Å². The van der Waals surface area contributed by atoms with Crippen LogP contribution in [0.5, 0.6) is 11.5 Å². The lowest BCUT2D eigenvalue weighted by Gasteiger charge is -2.25. The van der Waals surface area contributed by atoms with E-state index in [1.54, 1.807) is 7.11 Å².